The maximum absolute atomic E-state index is 13.2. The van der Waals surface area contributed by atoms with Gasteiger partial charge in [-0.15, -0.1) is 0 Å². The van der Waals surface area contributed by atoms with Gasteiger partial charge in [-0.1, -0.05) is 24.5 Å². The molecule has 0 aromatic carbocycles. The van der Waals surface area contributed by atoms with Gasteiger partial charge in [0.15, 0.2) is 11.5 Å². The average Bonchev–Trinajstić information content (AvgIpc) is 3.32. The van der Waals surface area contributed by atoms with Crippen molar-refractivity contribution >= 4 is 61.0 Å². The van der Waals surface area contributed by atoms with Gasteiger partial charge in [-0.3, -0.25) is 9.78 Å². The van der Waals surface area contributed by atoms with Gasteiger partial charge in [0.1, 0.15) is 17.5 Å². The van der Waals surface area contributed by atoms with Crippen molar-refractivity contribution in [1.29, 1.82) is 0 Å². The smallest absolute Gasteiger partial charge is 0.382 e. The van der Waals surface area contributed by atoms with Crippen LogP contribution in [0.15, 0.2) is 31.0 Å². The van der Waals surface area contributed by atoms with Crippen LogP contribution in [0.1, 0.15) is 40.9 Å². The summed E-state index contributed by atoms with van der Waals surface area (Å²) in [5.74, 6) is -1.07. The lowest BCUT2D eigenvalue weighted by molar-refractivity contribution is -0.0118. The molecular weight excluding hydrogens is 612 g/mol. The van der Waals surface area contributed by atoms with E-state index >= 15 is 0 Å². The van der Waals surface area contributed by atoms with Gasteiger partial charge in [-0.25, -0.2) is 24.1 Å². The van der Waals surface area contributed by atoms with Crippen molar-refractivity contribution in [3.63, 3.8) is 0 Å². The monoisotopic (exact) mass is 641 g/mol. The number of thiol groups is 2. The van der Waals surface area contributed by atoms with E-state index < -0.39 is 19.5 Å². The van der Waals surface area contributed by atoms with Crippen LogP contribution in [-0.2, 0) is 27.2 Å². The number of aromatic nitrogens is 5. The molecule has 0 spiro atoms. The van der Waals surface area contributed by atoms with E-state index in [2.05, 4.69) is 44.4 Å². The van der Waals surface area contributed by atoms with E-state index in [1.807, 2.05) is 4.57 Å². The molecule has 1 aliphatic heterocycles. The molecule has 4 N–H and O–H groups in total. The van der Waals surface area contributed by atoms with Crippen LogP contribution in [0.25, 0.3) is 11.2 Å². The summed E-state index contributed by atoms with van der Waals surface area (Å²) in [4.78, 5) is 28.3. The van der Waals surface area contributed by atoms with E-state index in [4.69, 9.17) is 29.6 Å². The van der Waals surface area contributed by atoms with Gasteiger partial charge >= 0.3 is 13.6 Å². The highest BCUT2D eigenvalue weighted by Crippen LogP contribution is 2.61. The van der Waals surface area contributed by atoms with Crippen LogP contribution in [0.3, 0.4) is 0 Å². The Hall–Kier alpha value is -2.03. The third-order valence-corrected chi connectivity index (χ3v) is 11.6. The van der Waals surface area contributed by atoms with E-state index in [0.29, 0.717) is 24.0 Å². The van der Waals surface area contributed by atoms with E-state index in [-0.39, 0.29) is 73.6 Å². The molecule has 14 nitrogen and oxygen atoms in total. The highest BCUT2D eigenvalue weighted by molar-refractivity contribution is 8.44. The second kappa shape index (κ2) is 11.2. The lowest BCUT2D eigenvalue weighted by Crippen LogP contribution is -2.43. The highest BCUT2D eigenvalue weighted by Gasteiger charge is 2.47. The number of nitrogens with two attached hydrogens (primary N) is 2. The first-order chi connectivity index (χ1) is 19.5. The Morgan fingerprint density at radius 2 is 1.59 bits per heavy atom. The van der Waals surface area contributed by atoms with Gasteiger partial charge in [0.2, 0.25) is 0 Å². The number of carbonyl (C=O) groups excluding carboxylic acids is 1. The molecule has 1 saturated heterocycles. The summed E-state index contributed by atoms with van der Waals surface area (Å²) in [6, 6.07) is 3.29. The summed E-state index contributed by atoms with van der Waals surface area (Å²) in [7, 11) is 0. The van der Waals surface area contributed by atoms with Crippen molar-refractivity contribution in [2.24, 2.45) is 29.4 Å². The number of nitrogen functional groups attached to an aromatic ring is 1. The molecule has 41 heavy (non-hydrogen) atoms. The minimum atomic E-state index is -3.72. The number of hydrogen-bond donors (Lipinski definition) is 4. The maximum atomic E-state index is 13.2. The molecule has 3 aromatic heterocycles. The van der Waals surface area contributed by atoms with Gasteiger partial charge in [-0.05, 0) is 54.2 Å². The van der Waals surface area contributed by atoms with Crippen LogP contribution in [0.5, 0.6) is 0 Å². The standard InChI is InChI=1S/C23H29N7O7P2S2/c24-21-20-23(28-10-27-21)30(11-29-20)19-5-14-7-35-38(32,40)36-8-16-13(6-34-39(33,41)37-9-17(14)19)3-15(16)12-1-2-26-18(4-12)22(25)31/h1-2,4,10-11,13-17,19H,3,5-9H2,(H2,25,31)(H,32,40)(H,33,41)(H2,24,27,28)/t13-,14-,15+,16-,17-,19-,38?,39?/m1/s1. The number of carbonyl (C=O) groups is 1. The predicted molar refractivity (Wildman–Crippen MR) is 154 cm³/mol. The molecule has 3 fully saturated rings. The van der Waals surface area contributed by atoms with Crippen molar-refractivity contribution in [3.05, 3.63) is 42.2 Å². The normalized spacial score (nSPS) is 36.2. The topological polar surface area (TPSA) is 197 Å². The van der Waals surface area contributed by atoms with Gasteiger partial charge in [0.05, 0.1) is 32.8 Å². The second-order valence-electron chi connectivity index (χ2n) is 10.5. The fourth-order valence-corrected chi connectivity index (χ4v) is 8.34. The summed E-state index contributed by atoms with van der Waals surface area (Å²) in [6.07, 6.45) is 5.77. The average molecular weight is 642 g/mol. The SMILES string of the molecule is NC(=O)c1cc([C@@H]2C[C@@H]3COP(=O)(S)OC[C@@H]4[C@@H](COP(=O)(S)OC[C@H]32)C[C@H]4n2cnc3c(N)ncnc32)ccn1. The Labute approximate surface area is 245 Å². The summed E-state index contributed by atoms with van der Waals surface area (Å²) in [6.45, 7) is -7.19. The maximum Gasteiger partial charge on any atom is 0.386 e. The van der Waals surface area contributed by atoms with E-state index in [9.17, 15) is 13.9 Å². The Morgan fingerprint density at radius 3 is 2.29 bits per heavy atom. The van der Waals surface area contributed by atoms with Crippen LogP contribution < -0.4 is 11.5 Å². The molecule has 2 aliphatic carbocycles. The number of anilines is 1. The molecule has 0 bridgehead atoms. The molecule has 1 amide bonds. The van der Waals surface area contributed by atoms with Gasteiger partial charge in [-0.2, -0.15) is 0 Å². The van der Waals surface area contributed by atoms with Gasteiger partial charge in [0.25, 0.3) is 5.91 Å². The zero-order valence-corrected chi connectivity index (χ0v) is 25.2. The quantitative estimate of drug-likeness (QED) is 0.240. The first-order valence-corrected chi connectivity index (χ1v) is 18.3. The third kappa shape index (κ3) is 5.94. The molecule has 4 heterocycles. The van der Waals surface area contributed by atoms with Gasteiger partial charge in [0, 0.05) is 18.2 Å². The number of fused-ring (bicyclic) bond motifs is 3. The Morgan fingerprint density at radius 1 is 0.927 bits per heavy atom. The molecule has 18 heteroatoms. The molecule has 2 saturated carbocycles. The van der Waals surface area contributed by atoms with Crippen LogP contribution in [-0.4, -0.2) is 56.8 Å². The Kier molecular flexibility index (Phi) is 7.96. The summed E-state index contributed by atoms with van der Waals surface area (Å²) in [5, 5.41) is 0. The predicted octanol–water partition coefficient (Wildman–Crippen LogP) is 3.66. The lowest BCUT2D eigenvalue weighted by Gasteiger charge is -2.47. The highest BCUT2D eigenvalue weighted by atomic mass is 32.7. The van der Waals surface area contributed by atoms with E-state index in [0.717, 1.165) is 5.56 Å². The minimum Gasteiger partial charge on any atom is -0.382 e. The molecule has 220 valence electrons. The minimum absolute atomic E-state index is 0.0427. The van der Waals surface area contributed by atoms with Crippen molar-refractivity contribution < 1.29 is 32.0 Å². The number of amides is 1. The zero-order chi connectivity index (χ0) is 28.9. The Bertz CT molecular complexity index is 1580. The second-order valence-corrected chi connectivity index (χ2v) is 16.4. The van der Waals surface area contributed by atoms with Crippen molar-refractivity contribution in [3.8, 4) is 0 Å². The number of primary amides is 1. The third-order valence-electron chi connectivity index (χ3n) is 8.30. The van der Waals surface area contributed by atoms with Gasteiger partial charge < -0.3 is 34.1 Å². The number of rotatable bonds is 3. The zero-order valence-electron chi connectivity index (χ0n) is 21.6. The first kappa shape index (κ1) is 29.1. The fraction of sp³-hybridized carbons (Fsp3) is 0.522. The summed E-state index contributed by atoms with van der Waals surface area (Å²) < 4.78 is 51.1. The van der Waals surface area contributed by atoms with Crippen molar-refractivity contribution in [2.75, 3.05) is 32.2 Å². The van der Waals surface area contributed by atoms with Crippen molar-refractivity contribution in [2.45, 2.75) is 24.8 Å². The lowest BCUT2D eigenvalue weighted by atomic mass is 9.63. The molecule has 6 rings (SSSR count). The number of hydrogen-bond acceptors (Lipinski definition) is 12. The van der Waals surface area contributed by atoms with E-state index in [1.54, 1.807) is 18.5 Å². The fourth-order valence-electron chi connectivity index (χ4n) is 5.91. The summed E-state index contributed by atoms with van der Waals surface area (Å²) in [5.41, 5.74) is 13.4. The molecule has 3 aromatic rings. The number of imidazole rings is 1. The van der Waals surface area contributed by atoms with Crippen LogP contribution in [0.2, 0.25) is 0 Å². The molecular formula is C23H29N7O7P2S2. The summed E-state index contributed by atoms with van der Waals surface area (Å²) >= 11 is 8.45. The first-order valence-electron chi connectivity index (χ1n) is 12.9. The van der Waals surface area contributed by atoms with Crippen LogP contribution in [0.4, 0.5) is 5.82 Å². The molecule has 2 unspecified atom stereocenters. The molecule has 0 radical (unpaired) electrons. The van der Waals surface area contributed by atoms with E-state index in [1.165, 1.54) is 12.5 Å². The van der Waals surface area contributed by atoms with Crippen molar-refractivity contribution in [1.82, 2.24) is 24.5 Å². The van der Waals surface area contributed by atoms with Crippen LogP contribution in [0, 0.1) is 23.7 Å². The van der Waals surface area contributed by atoms with Crippen LogP contribution >= 0.6 is 38.1 Å². The Balaban J connectivity index is 1.20. The molecule has 3 aliphatic rings. The number of pyridine rings is 1. The molecule has 8 atom stereocenters. The largest absolute Gasteiger partial charge is 0.386 e. The number of nitrogens with zero attached hydrogens (tertiary/aromatic N) is 5.